The molecule has 20 unspecified atom stereocenters. The molecular weight excluding hydrogens is 580 g/mol. The maximum Gasteiger partial charge on any atom is 0.204 e. The number of aliphatic hydroxyl groups is 6. The lowest BCUT2D eigenvalue weighted by Gasteiger charge is -2.45. The van der Waals surface area contributed by atoms with Gasteiger partial charge in [0.15, 0.2) is 18.5 Å². The van der Waals surface area contributed by atoms with Gasteiger partial charge in [0, 0.05) is 11.8 Å². The second kappa shape index (κ2) is 15.1. The molecule has 0 amide bonds. The van der Waals surface area contributed by atoms with E-state index in [1.807, 2.05) is 20.8 Å². The summed E-state index contributed by atoms with van der Waals surface area (Å²) in [6.45, 7) is 18.8. The van der Waals surface area contributed by atoms with Crippen molar-refractivity contribution in [3.05, 3.63) is 13.8 Å². The Morgan fingerprint density at radius 3 is 1.64 bits per heavy atom. The fraction of sp³-hybridized carbons (Fsp3) is 0.935. The summed E-state index contributed by atoms with van der Waals surface area (Å²) in [5, 5.41) is 65.4. The minimum absolute atomic E-state index is 0.215. The fourth-order valence-corrected chi connectivity index (χ4v) is 6.52. The highest BCUT2D eigenvalue weighted by molar-refractivity contribution is 4.97. The Bertz CT molecular complexity index is 895. The highest BCUT2D eigenvalue weighted by atomic mass is 16.7. The molecule has 44 heavy (non-hydrogen) atoms. The van der Waals surface area contributed by atoms with Gasteiger partial charge in [0.25, 0.3) is 0 Å². The molecule has 4 aliphatic rings. The van der Waals surface area contributed by atoms with Crippen molar-refractivity contribution < 1.29 is 63.8 Å². The molecule has 13 nitrogen and oxygen atoms in total. The van der Waals surface area contributed by atoms with Crippen molar-refractivity contribution >= 4 is 0 Å². The van der Waals surface area contributed by atoms with Crippen LogP contribution >= 0.6 is 0 Å². The van der Waals surface area contributed by atoms with Gasteiger partial charge in [-0.3, -0.25) is 0 Å². The number of ether oxygens (including phenoxy) is 7. The van der Waals surface area contributed by atoms with Crippen LogP contribution in [0, 0.1) is 31.6 Å². The van der Waals surface area contributed by atoms with Crippen LogP contribution in [-0.2, 0) is 33.2 Å². The first kappa shape index (κ1) is 36.2. The van der Waals surface area contributed by atoms with E-state index in [4.69, 9.17) is 33.2 Å². The van der Waals surface area contributed by atoms with E-state index in [1.54, 1.807) is 20.8 Å². The van der Waals surface area contributed by atoms with Crippen LogP contribution in [0.5, 0.6) is 0 Å². The fourth-order valence-electron chi connectivity index (χ4n) is 6.52. The van der Waals surface area contributed by atoms with Crippen LogP contribution in [0.15, 0.2) is 0 Å². The second-order valence-corrected chi connectivity index (χ2v) is 13.0. The summed E-state index contributed by atoms with van der Waals surface area (Å²) in [7, 11) is 0. The lowest BCUT2D eigenvalue weighted by molar-refractivity contribution is -0.326. The Labute approximate surface area is 260 Å². The van der Waals surface area contributed by atoms with Crippen LogP contribution in [0.4, 0.5) is 0 Å². The van der Waals surface area contributed by atoms with E-state index in [-0.39, 0.29) is 12.0 Å². The maximum absolute atomic E-state index is 11.4. The number of rotatable bonds is 9. The van der Waals surface area contributed by atoms with Crippen LogP contribution in [0.2, 0.25) is 0 Å². The van der Waals surface area contributed by atoms with E-state index in [1.165, 1.54) is 0 Å². The van der Waals surface area contributed by atoms with Crippen molar-refractivity contribution in [3.8, 4) is 0 Å². The zero-order valence-corrected chi connectivity index (χ0v) is 26.6. The van der Waals surface area contributed by atoms with Gasteiger partial charge in [0.05, 0.1) is 49.7 Å². The predicted molar refractivity (Wildman–Crippen MR) is 154 cm³/mol. The third-order valence-electron chi connectivity index (χ3n) is 9.93. The van der Waals surface area contributed by atoms with Crippen LogP contribution in [0.3, 0.4) is 0 Å². The molecule has 0 bridgehead atoms. The van der Waals surface area contributed by atoms with Gasteiger partial charge < -0.3 is 70.7 Å². The molecule has 4 heterocycles. The molecule has 0 aromatic heterocycles. The standard InChI is InChI=1S/C31H54O13/c1-9-11-19-28(44-30-24(36)22(34)17(8)40-30)21(33)14(5)29(41-19)42-26-13(4)16(7)39-31(25(37)23(26)35)43-27-18(10-2)38-15(6)12(3)20(27)32/h12-37H,2,5,9-11H2,1,3-4,6-8H3. The van der Waals surface area contributed by atoms with E-state index < -0.39 is 110 Å². The maximum atomic E-state index is 11.4. The Hall–Kier alpha value is -0.650. The first-order chi connectivity index (χ1) is 20.7. The molecule has 0 aliphatic carbocycles. The molecule has 0 spiro atoms. The van der Waals surface area contributed by atoms with E-state index in [9.17, 15) is 30.6 Å². The van der Waals surface area contributed by atoms with Crippen molar-refractivity contribution in [2.45, 2.75) is 165 Å². The molecule has 20 atom stereocenters. The normalized spacial score (nSPS) is 53.8. The molecule has 13 heteroatoms. The molecule has 4 aliphatic heterocycles. The van der Waals surface area contributed by atoms with Gasteiger partial charge in [-0.05, 0) is 27.2 Å². The Morgan fingerprint density at radius 2 is 1.09 bits per heavy atom. The second-order valence-electron chi connectivity index (χ2n) is 13.0. The largest absolute Gasteiger partial charge is 0.390 e. The molecule has 4 rings (SSSR count). The first-order valence-electron chi connectivity index (χ1n) is 16.0. The van der Waals surface area contributed by atoms with Gasteiger partial charge in [-0.15, -0.1) is 0 Å². The van der Waals surface area contributed by atoms with Gasteiger partial charge in [-0.1, -0.05) is 27.2 Å². The van der Waals surface area contributed by atoms with Crippen molar-refractivity contribution in [1.82, 2.24) is 0 Å². The molecule has 6 N–H and O–H groups in total. The molecular formula is C31H54O13. The molecule has 0 aromatic rings. The third kappa shape index (κ3) is 7.25. The average molecular weight is 635 g/mol. The highest BCUT2D eigenvalue weighted by Crippen LogP contribution is 2.38. The van der Waals surface area contributed by atoms with E-state index >= 15 is 0 Å². The van der Waals surface area contributed by atoms with Crippen molar-refractivity contribution in [2.24, 2.45) is 17.8 Å². The molecule has 256 valence electrons. The highest BCUT2D eigenvalue weighted by Gasteiger charge is 2.54. The van der Waals surface area contributed by atoms with Crippen LogP contribution < -0.4 is 0 Å². The summed E-state index contributed by atoms with van der Waals surface area (Å²) in [4.78, 5) is 0. The monoisotopic (exact) mass is 634 g/mol. The lowest BCUT2D eigenvalue weighted by Crippen LogP contribution is -2.59. The van der Waals surface area contributed by atoms with Crippen LogP contribution in [-0.4, -0.2) is 135 Å². The van der Waals surface area contributed by atoms with Crippen LogP contribution in [0.1, 0.15) is 60.8 Å². The van der Waals surface area contributed by atoms with Crippen molar-refractivity contribution in [1.29, 1.82) is 0 Å². The van der Waals surface area contributed by atoms with Gasteiger partial charge >= 0.3 is 0 Å². The first-order valence-corrected chi connectivity index (χ1v) is 16.0. The minimum atomic E-state index is -1.56. The van der Waals surface area contributed by atoms with Crippen LogP contribution in [0.25, 0.3) is 0 Å². The van der Waals surface area contributed by atoms with Crippen molar-refractivity contribution in [2.75, 3.05) is 0 Å². The Balaban J connectivity index is 1.47. The van der Waals surface area contributed by atoms with Gasteiger partial charge in [-0.25, -0.2) is 0 Å². The number of hydrogen-bond donors (Lipinski definition) is 6. The molecule has 4 saturated heterocycles. The van der Waals surface area contributed by atoms with E-state index in [0.29, 0.717) is 19.3 Å². The number of hydrogen-bond acceptors (Lipinski definition) is 13. The molecule has 4 fully saturated rings. The zero-order chi connectivity index (χ0) is 32.6. The molecule has 0 aromatic carbocycles. The summed E-state index contributed by atoms with van der Waals surface area (Å²) >= 11 is 0. The minimum Gasteiger partial charge on any atom is -0.390 e. The zero-order valence-electron chi connectivity index (χ0n) is 26.6. The summed E-state index contributed by atoms with van der Waals surface area (Å²) in [5.41, 5.74) is 0. The van der Waals surface area contributed by atoms with Crippen molar-refractivity contribution in [3.63, 3.8) is 0 Å². The Kier molecular flexibility index (Phi) is 12.4. The van der Waals surface area contributed by atoms with Gasteiger partial charge in [0.2, 0.25) is 6.29 Å². The number of aliphatic hydroxyl groups excluding tert-OH is 6. The van der Waals surface area contributed by atoms with Gasteiger partial charge in [0.1, 0.15) is 42.7 Å². The SMILES string of the molecule is [CH2+]C1C(OC2C(C)C(C)OC(OC3C(C[CH2-])OC(C)C(C)C3O)C(O)C2O)OC(CCC)C(OC2OC(C)C(O)C2O)C1O. The quantitative estimate of drug-likeness (QED) is 0.187. The van der Waals surface area contributed by atoms with E-state index in [2.05, 4.69) is 13.8 Å². The summed E-state index contributed by atoms with van der Waals surface area (Å²) in [6.07, 6.45) is -15.2. The predicted octanol–water partition coefficient (Wildman–Crippen LogP) is 0.0560. The summed E-state index contributed by atoms with van der Waals surface area (Å²) in [6, 6.07) is 0. The summed E-state index contributed by atoms with van der Waals surface area (Å²) in [5.74, 6) is -1.61. The smallest absolute Gasteiger partial charge is 0.204 e. The lowest BCUT2D eigenvalue weighted by atomic mass is 9.87. The summed E-state index contributed by atoms with van der Waals surface area (Å²) < 4.78 is 42.2. The molecule has 0 radical (unpaired) electrons. The molecule has 0 saturated carbocycles. The topological polar surface area (TPSA) is 186 Å². The van der Waals surface area contributed by atoms with Gasteiger partial charge in [-0.2, -0.15) is 6.42 Å². The Morgan fingerprint density at radius 1 is 0.568 bits per heavy atom. The average Bonchev–Trinajstić information content (AvgIpc) is 3.20. The van der Waals surface area contributed by atoms with E-state index in [0.717, 1.165) is 0 Å². The third-order valence-corrected chi connectivity index (χ3v) is 9.93.